The number of ether oxygens (including phenoxy) is 1. The molecule has 0 aliphatic carbocycles. The largest absolute Gasteiger partial charge is 0.459 e. The van der Waals surface area contributed by atoms with E-state index in [9.17, 15) is 4.79 Å². The number of rotatable bonds is 5. The lowest BCUT2D eigenvalue weighted by Gasteiger charge is -2.02. The summed E-state index contributed by atoms with van der Waals surface area (Å²) in [6.45, 7) is 3.61. The number of nitrogens with one attached hydrogen (secondary N) is 1. The second-order valence-corrected chi connectivity index (χ2v) is 2.43. The van der Waals surface area contributed by atoms with Gasteiger partial charge in [-0.2, -0.15) is 0 Å². The molecule has 0 aliphatic heterocycles. The molecule has 1 heterocycles. The number of hydrogen-bond acceptors (Lipinski definition) is 3. The van der Waals surface area contributed by atoms with E-state index in [0.29, 0.717) is 25.5 Å². The van der Waals surface area contributed by atoms with Gasteiger partial charge in [-0.3, -0.25) is 4.79 Å². The lowest BCUT2D eigenvalue weighted by molar-refractivity contribution is 0.0895. The Morgan fingerprint density at radius 2 is 2.54 bits per heavy atom. The maximum absolute atomic E-state index is 11.2. The van der Waals surface area contributed by atoms with E-state index in [4.69, 9.17) is 9.15 Å². The third-order valence-electron chi connectivity index (χ3n) is 1.48. The van der Waals surface area contributed by atoms with E-state index in [1.807, 2.05) is 6.92 Å². The molecule has 72 valence electrons. The fourth-order valence-corrected chi connectivity index (χ4v) is 0.876. The van der Waals surface area contributed by atoms with Crippen LogP contribution in [0.2, 0.25) is 0 Å². The highest BCUT2D eigenvalue weighted by Gasteiger charge is 2.05. The highest BCUT2D eigenvalue weighted by atomic mass is 16.5. The SMILES string of the molecule is CCOCCNC(=O)c1ccco1. The molecule has 1 N–H and O–H groups in total. The van der Waals surface area contributed by atoms with Crippen LogP contribution in [0.1, 0.15) is 17.5 Å². The first-order valence-electron chi connectivity index (χ1n) is 4.24. The molecule has 0 fully saturated rings. The highest BCUT2D eigenvalue weighted by Crippen LogP contribution is 1.98. The predicted octanol–water partition coefficient (Wildman–Crippen LogP) is 1.05. The normalized spacial score (nSPS) is 9.92. The first-order valence-corrected chi connectivity index (χ1v) is 4.24. The fraction of sp³-hybridized carbons (Fsp3) is 0.444. The Kier molecular flexibility index (Phi) is 4.05. The van der Waals surface area contributed by atoms with Gasteiger partial charge in [-0.25, -0.2) is 0 Å². The molecule has 0 saturated carbocycles. The van der Waals surface area contributed by atoms with Crippen molar-refractivity contribution in [3.63, 3.8) is 0 Å². The Morgan fingerprint density at radius 3 is 3.15 bits per heavy atom. The average Bonchev–Trinajstić information content (AvgIpc) is 2.65. The molecule has 4 heteroatoms. The van der Waals surface area contributed by atoms with E-state index in [0.717, 1.165) is 0 Å². The van der Waals surface area contributed by atoms with Crippen molar-refractivity contribution < 1.29 is 13.9 Å². The van der Waals surface area contributed by atoms with Crippen LogP contribution in [0, 0.1) is 0 Å². The van der Waals surface area contributed by atoms with Crippen molar-refractivity contribution >= 4 is 5.91 Å². The smallest absolute Gasteiger partial charge is 0.287 e. The summed E-state index contributed by atoms with van der Waals surface area (Å²) in [5.74, 6) is 0.126. The van der Waals surface area contributed by atoms with Gasteiger partial charge in [0.1, 0.15) is 0 Å². The van der Waals surface area contributed by atoms with Crippen LogP contribution in [-0.2, 0) is 4.74 Å². The minimum Gasteiger partial charge on any atom is -0.459 e. The van der Waals surface area contributed by atoms with Gasteiger partial charge in [0.2, 0.25) is 0 Å². The van der Waals surface area contributed by atoms with Crippen LogP contribution in [0.4, 0.5) is 0 Å². The van der Waals surface area contributed by atoms with E-state index in [1.165, 1.54) is 6.26 Å². The monoisotopic (exact) mass is 183 g/mol. The number of carbonyl (C=O) groups excluding carboxylic acids is 1. The molecule has 0 spiro atoms. The van der Waals surface area contributed by atoms with Crippen molar-refractivity contribution in [3.8, 4) is 0 Å². The zero-order chi connectivity index (χ0) is 9.52. The number of furan rings is 1. The lowest BCUT2D eigenvalue weighted by atomic mass is 10.4. The molecule has 4 nitrogen and oxygen atoms in total. The molecule has 0 aliphatic rings. The van der Waals surface area contributed by atoms with Crippen LogP contribution in [0.25, 0.3) is 0 Å². The third kappa shape index (κ3) is 3.29. The molecule has 0 unspecified atom stereocenters. The maximum atomic E-state index is 11.2. The van der Waals surface area contributed by atoms with Crippen molar-refractivity contribution in [2.75, 3.05) is 19.8 Å². The van der Waals surface area contributed by atoms with Crippen molar-refractivity contribution in [1.82, 2.24) is 5.32 Å². The summed E-state index contributed by atoms with van der Waals surface area (Å²) in [5, 5.41) is 2.66. The van der Waals surface area contributed by atoms with Crippen LogP contribution < -0.4 is 5.32 Å². The van der Waals surface area contributed by atoms with Gasteiger partial charge in [-0.05, 0) is 19.1 Å². The second-order valence-electron chi connectivity index (χ2n) is 2.43. The van der Waals surface area contributed by atoms with Gasteiger partial charge in [0.15, 0.2) is 5.76 Å². The molecular weight excluding hydrogens is 170 g/mol. The van der Waals surface area contributed by atoms with Crippen molar-refractivity contribution in [2.24, 2.45) is 0 Å². The molecule has 0 atom stereocenters. The molecule has 0 bridgehead atoms. The Bertz CT molecular complexity index is 243. The zero-order valence-electron chi connectivity index (χ0n) is 7.58. The van der Waals surface area contributed by atoms with E-state index < -0.39 is 0 Å². The summed E-state index contributed by atoms with van der Waals surface area (Å²) in [6.07, 6.45) is 1.47. The number of carbonyl (C=O) groups is 1. The van der Waals surface area contributed by atoms with Crippen molar-refractivity contribution in [2.45, 2.75) is 6.92 Å². The molecular formula is C9H13NO3. The van der Waals surface area contributed by atoms with E-state index in [2.05, 4.69) is 5.32 Å². The molecule has 1 aromatic heterocycles. The van der Waals surface area contributed by atoms with Gasteiger partial charge < -0.3 is 14.5 Å². The second kappa shape index (κ2) is 5.37. The fourth-order valence-electron chi connectivity index (χ4n) is 0.876. The Hall–Kier alpha value is -1.29. The minimum absolute atomic E-state index is 0.204. The van der Waals surface area contributed by atoms with Crippen LogP contribution in [0.5, 0.6) is 0 Å². The van der Waals surface area contributed by atoms with Gasteiger partial charge in [-0.15, -0.1) is 0 Å². The summed E-state index contributed by atoms with van der Waals surface area (Å²) in [5.41, 5.74) is 0. The van der Waals surface area contributed by atoms with Gasteiger partial charge in [0, 0.05) is 13.2 Å². The van der Waals surface area contributed by atoms with Crippen molar-refractivity contribution in [1.29, 1.82) is 0 Å². The number of amides is 1. The Morgan fingerprint density at radius 1 is 1.69 bits per heavy atom. The molecule has 0 aromatic carbocycles. The standard InChI is InChI=1S/C9H13NO3/c1-2-12-7-5-10-9(11)8-4-3-6-13-8/h3-4,6H,2,5,7H2,1H3,(H,10,11). The van der Waals surface area contributed by atoms with Crippen LogP contribution >= 0.6 is 0 Å². The summed E-state index contributed by atoms with van der Waals surface area (Å²) in [7, 11) is 0. The summed E-state index contributed by atoms with van der Waals surface area (Å²) < 4.78 is 9.96. The first kappa shape index (κ1) is 9.80. The van der Waals surface area contributed by atoms with Crippen LogP contribution in [0.15, 0.2) is 22.8 Å². The topological polar surface area (TPSA) is 51.5 Å². The molecule has 13 heavy (non-hydrogen) atoms. The predicted molar refractivity (Wildman–Crippen MR) is 47.5 cm³/mol. The van der Waals surface area contributed by atoms with E-state index in [1.54, 1.807) is 12.1 Å². The minimum atomic E-state index is -0.204. The zero-order valence-corrected chi connectivity index (χ0v) is 7.58. The molecule has 0 radical (unpaired) electrons. The Balaban J connectivity index is 2.19. The van der Waals surface area contributed by atoms with Gasteiger partial charge >= 0.3 is 0 Å². The first-order chi connectivity index (χ1) is 6.34. The third-order valence-corrected chi connectivity index (χ3v) is 1.48. The summed E-state index contributed by atoms with van der Waals surface area (Å²) in [4.78, 5) is 11.2. The van der Waals surface area contributed by atoms with Gasteiger partial charge in [0.05, 0.1) is 12.9 Å². The molecule has 1 aromatic rings. The lowest BCUT2D eigenvalue weighted by Crippen LogP contribution is -2.26. The van der Waals surface area contributed by atoms with Crippen LogP contribution in [0.3, 0.4) is 0 Å². The molecule has 1 rings (SSSR count). The molecule has 0 saturated heterocycles. The quantitative estimate of drug-likeness (QED) is 0.694. The average molecular weight is 183 g/mol. The maximum Gasteiger partial charge on any atom is 0.287 e. The van der Waals surface area contributed by atoms with Gasteiger partial charge in [0.25, 0.3) is 5.91 Å². The van der Waals surface area contributed by atoms with Crippen molar-refractivity contribution in [3.05, 3.63) is 24.2 Å². The molecule has 1 amide bonds. The number of hydrogen-bond donors (Lipinski definition) is 1. The summed E-state index contributed by atoms with van der Waals surface area (Å²) in [6, 6.07) is 3.30. The van der Waals surface area contributed by atoms with Gasteiger partial charge in [-0.1, -0.05) is 0 Å². The van der Waals surface area contributed by atoms with E-state index in [-0.39, 0.29) is 5.91 Å². The van der Waals surface area contributed by atoms with E-state index >= 15 is 0 Å². The Labute approximate surface area is 76.9 Å². The summed E-state index contributed by atoms with van der Waals surface area (Å²) >= 11 is 0. The van der Waals surface area contributed by atoms with Crippen LogP contribution in [-0.4, -0.2) is 25.7 Å². The highest BCUT2D eigenvalue weighted by molar-refractivity contribution is 5.91.